The molecule has 1 atom stereocenters. The van der Waals surface area contributed by atoms with Gasteiger partial charge in [-0.25, -0.2) is 8.42 Å². The van der Waals surface area contributed by atoms with Crippen molar-refractivity contribution in [3.8, 4) is 0 Å². The van der Waals surface area contributed by atoms with Gasteiger partial charge in [0.15, 0.2) is 9.84 Å². The molecule has 3 aliphatic rings. The molecule has 1 unspecified atom stereocenters. The lowest BCUT2D eigenvalue weighted by molar-refractivity contribution is 0.154. The number of halogens is 1. The molecule has 0 amide bonds. The SMILES string of the molecule is Cl.O=S1(=O)CCC(N(CC2CCNCC2)C2CC2)C1. The fourth-order valence-corrected chi connectivity index (χ4v) is 5.14. The highest BCUT2D eigenvalue weighted by atomic mass is 35.5. The van der Waals surface area contributed by atoms with E-state index in [4.69, 9.17) is 0 Å². The maximum absolute atomic E-state index is 11.6. The number of rotatable bonds is 4. The fraction of sp³-hybridized carbons (Fsp3) is 1.00. The van der Waals surface area contributed by atoms with Gasteiger partial charge >= 0.3 is 0 Å². The van der Waals surface area contributed by atoms with Crippen molar-refractivity contribution < 1.29 is 8.42 Å². The van der Waals surface area contributed by atoms with Crippen LogP contribution in [0.15, 0.2) is 0 Å². The molecule has 0 aromatic heterocycles. The first-order chi connectivity index (χ1) is 8.64. The first-order valence-corrected chi connectivity index (χ1v) is 9.13. The van der Waals surface area contributed by atoms with Gasteiger partial charge in [-0.05, 0) is 51.1 Å². The lowest BCUT2D eigenvalue weighted by atomic mass is 9.96. The van der Waals surface area contributed by atoms with Crippen LogP contribution in [-0.4, -0.2) is 56.5 Å². The van der Waals surface area contributed by atoms with Crippen molar-refractivity contribution >= 4 is 22.2 Å². The minimum Gasteiger partial charge on any atom is -0.317 e. The van der Waals surface area contributed by atoms with Crippen LogP contribution < -0.4 is 5.32 Å². The number of hydrogen-bond acceptors (Lipinski definition) is 4. The Labute approximate surface area is 122 Å². The highest BCUT2D eigenvalue weighted by Crippen LogP contribution is 2.33. The van der Waals surface area contributed by atoms with Gasteiger partial charge in [0.1, 0.15) is 0 Å². The summed E-state index contributed by atoms with van der Waals surface area (Å²) in [5.74, 6) is 1.59. The largest absolute Gasteiger partial charge is 0.317 e. The molecule has 3 fully saturated rings. The summed E-state index contributed by atoms with van der Waals surface area (Å²) < 4.78 is 23.3. The molecule has 1 N–H and O–H groups in total. The van der Waals surface area contributed by atoms with E-state index in [-0.39, 0.29) is 12.4 Å². The topological polar surface area (TPSA) is 49.4 Å². The molecule has 0 spiro atoms. The van der Waals surface area contributed by atoms with E-state index in [1.165, 1.54) is 25.7 Å². The van der Waals surface area contributed by atoms with Crippen LogP contribution >= 0.6 is 12.4 Å². The minimum atomic E-state index is -2.74. The lowest BCUT2D eigenvalue weighted by Gasteiger charge is -2.33. The summed E-state index contributed by atoms with van der Waals surface area (Å²) >= 11 is 0. The smallest absolute Gasteiger partial charge is 0.151 e. The molecule has 2 aliphatic heterocycles. The molecule has 1 saturated carbocycles. The number of nitrogens with zero attached hydrogens (tertiary/aromatic N) is 1. The third-order valence-corrected chi connectivity index (χ3v) is 6.37. The van der Waals surface area contributed by atoms with E-state index in [1.807, 2.05) is 0 Å². The normalized spacial score (nSPS) is 31.3. The number of piperidine rings is 1. The van der Waals surface area contributed by atoms with E-state index in [0.29, 0.717) is 23.6 Å². The molecule has 112 valence electrons. The zero-order valence-corrected chi connectivity index (χ0v) is 13.0. The van der Waals surface area contributed by atoms with Crippen LogP contribution in [0.25, 0.3) is 0 Å². The lowest BCUT2D eigenvalue weighted by Crippen LogP contribution is -2.43. The van der Waals surface area contributed by atoms with Crippen LogP contribution in [0, 0.1) is 5.92 Å². The fourth-order valence-electron chi connectivity index (χ4n) is 3.40. The van der Waals surface area contributed by atoms with Crippen molar-refractivity contribution in [1.29, 1.82) is 0 Å². The third-order valence-electron chi connectivity index (χ3n) is 4.62. The van der Waals surface area contributed by atoms with Crippen LogP contribution in [0.3, 0.4) is 0 Å². The van der Waals surface area contributed by atoms with E-state index in [1.54, 1.807) is 0 Å². The summed E-state index contributed by atoms with van der Waals surface area (Å²) in [6.45, 7) is 3.39. The van der Waals surface area contributed by atoms with E-state index < -0.39 is 9.84 Å². The monoisotopic (exact) mass is 308 g/mol. The zero-order valence-electron chi connectivity index (χ0n) is 11.4. The molecule has 4 nitrogen and oxygen atoms in total. The minimum absolute atomic E-state index is 0. The Kier molecular flexibility index (Phi) is 5.15. The quantitative estimate of drug-likeness (QED) is 0.844. The molecular formula is C13H25ClN2O2S. The highest BCUT2D eigenvalue weighted by Gasteiger charge is 2.40. The average Bonchev–Trinajstić information content (AvgIpc) is 3.12. The first-order valence-electron chi connectivity index (χ1n) is 7.31. The Balaban J connectivity index is 0.00000133. The summed E-state index contributed by atoms with van der Waals surface area (Å²) in [6.07, 6.45) is 5.93. The average molecular weight is 309 g/mol. The molecule has 0 aromatic carbocycles. The molecular weight excluding hydrogens is 284 g/mol. The Morgan fingerprint density at radius 3 is 2.21 bits per heavy atom. The van der Waals surface area contributed by atoms with Crippen molar-refractivity contribution in [2.24, 2.45) is 5.92 Å². The zero-order chi connectivity index (χ0) is 12.6. The van der Waals surface area contributed by atoms with Crippen molar-refractivity contribution in [3.63, 3.8) is 0 Å². The maximum Gasteiger partial charge on any atom is 0.151 e. The number of hydrogen-bond donors (Lipinski definition) is 1. The molecule has 0 radical (unpaired) electrons. The van der Waals surface area contributed by atoms with Crippen molar-refractivity contribution in [2.45, 2.75) is 44.2 Å². The Morgan fingerprint density at radius 2 is 1.68 bits per heavy atom. The third kappa shape index (κ3) is 4.06. The van der Waals surface area contributed by atoms with Crippen LogP contribution in [0.5, 0.6) is 0 Å². The van der Waals surface area contributed by atoms with Gasteiger partial charge in [0, 0.05) is 18.6 Å². The summed E-state index contributed by atoms with van der Waals surface area (Å²) in [7, 11) is -2.74. The predicted octanol–water partition coefficient (Wildman–Crippen LogP) is 1.06. The molecule has 3 rings (SSSR count). The van der Waals surface area contributed by atoms with Gasteiger partial charge in [-0.15, -0.1) is 12.4 Å². The molecule has 1 aliphatic carbocycles. The van der Waals surface area contributed by atoms with Gasteiger partial charge in [0.25, 0.3) is 0 Å². The molecule has 2 heterocycles. The standard InChI is InChI=1S/C13H24N2O2S.ClH/c16-18(17)8-5-13(10-18)15(12-1-2-12)9-11-3-6-14-7-4-11;/h11-14H,1-10H2;1H. The van der Waals surface area contributed by atoms with E-state index in [0.717, 1.165) is 32.0 Å². The van der Waals surface area contributed by atoms with Crippen molar-refractivity contribution in [3.05, 3.63) is 0 Å². The van der Waals surface area contributed by atoms with Crippen LogP contribution in [0.4, 0.5) is 0 Å². The van der Waals surface area contributed by atoms with E-state index >= 15 is 0 Å². The van der Waals surface area contributed by atoms with Gasteiger partial charge < -0.3 is 5.32 Å². The molecule has 0 aromatic rings. The van der Waals surface area contributed by atoms with Crippen molar-refractivity contribution in [1.82, 2.24) is 10.2 Å². The summed E-state index contributed by atoms with van der Waals surface area (Å²) in [4.78, 5) is 2.54. The highest BCUT2D eigenvalue weighted by molar-refractivity contribution is 7.91. The van der Waals surface area contributed by atoms with Gasteiger partial charge in [0.2, 0.25) is 0 Å². The van der Waals surface area contributed by atoms with Gasteiger partial charge in [-0.1, -0.05) is 0 Å². The Morgan fingerprint density at radius 1 is 1.00 bits per heavy atom. The summed E-state index contributed by atoms with van der Waals surface area (Å²) in [5.41, 5.74) is 0. The van der Waals surface area contributed by atoms with Crippen LogP contribution in [0.1, 0.15) is 32.1 Å². The van der Waals surface area contributed by atoms with Crippen LogP contribution in [-0.2, 0) is 9.84 Å². The van der Waals surface area contributed by atoms with Gasteiger partial charge in [-0.2, -0.15) is 0 Å². The predicted molar refractivity (Wildman–Crippen MR) is 79.6 cm³/mol. The van der Waals surface area contributed by atoms with E-state index in [2.05, 4.69) is 10.2 Å². The number of nitrogens with one attached hydrogen (secondary N) is 1. The summed E-state index contributed by atoms with van der Waals surface area (Å²) in [6, 6.07) is 1.01. The molecule has 2 saturated heterocycles. The second kappa shape index (κ2) is 6.29. The molecule has 19 heavy (non-hydrogen) atoms. The Bertz CT molecular complexity index is 391. The maximum atomic E-state index is 11.6. The van der Waals surface area contributed by atoms with Gasteiger partial charge in [-0.3, -0.25) is 4.90 Å². The molecule has 0 bridgehead atoms. The van der Waals surface area contributed by atoms with E-state index in [9.17, 15) is 8.42 Å². The second-order valence-corrected chi connectivity index (χ2v) is 8.41. The van der Waals surface area contributed by atoms with Crippen LogP contribution in [0.2, 0.25) is 0 Å². The summed E-state index contributed by atoms with van der Waals surface area (Å²) in [5, 5.41) is 3.40. The van der Waals surface area contributed by atoms with Gasteiger partial charge in [0.05, 0.1) is 11.5 Å². The van der Waals surface area contributed by atoms with Crippen molar-refractivity contribution in [2.75, 3.05) is 31.1 Å². The second-order valence-electron chi connectivity index (χ2n) is 6.18. The Hall–Kier alpha value is 0.160. The first kappa shape index (κ1) is 15.5. The molecule has 6 heteroatoms. The number of sulfone groups is 1.